The van der Waals surface area contributed by atoms with Crippen molar-refractivity contribution in [3.05, 3.63) is 75.7 Å². The summed E-state index contributed by atoms with van der Waals surface area (Å²) in [6.07, 6.45) is 0. The van der Waals surface area contributed by atoms with Crippen molar-refractivity contribution in [3.8, 4) is 11.1 Å². The van der Waals surface area contributed by atoms with Crippen LogP contribution in [0.15, 0.2) is 60.0 Å². The van der Waals surface area contributed by atoms with Crippen molar-refractivity contribution in [2.24, 2.45) is 0 Å². The number of rotatable bonds is 7. The predicted octanol–water partition coefficient (Wildman–Crippen LogP) is 3.87. The van der Waals surface area contributed by atoms with Crippen LogP contribution in [-0.2, 0) is 9.53 Å². The highest BCUT2D eigenvalue weighted by Crippen LogP contribution is 2.36. The second-order valence-electron chi connectivity index (χ2n) is 7.80. The highest BCUT2D eigenvalue weighted by atomic mass is 32.1. The van der Waals surface area contributed by atoms with Crippen LogP contribution in [0.1, 0.15) is 10.4 Å². The molecule has 1 fully saturated rings. The molecule has 1 aromatic heterocycles. The Morgan fingerprint density at radius 1 is 1.06 bits per heavy atom. The van der Waals surface area contributed by atoms with Gasteiger partial charge in [0.2, 0.25) is 5.91 Å². The summed E-state index contributed by atoms with van der Waals surface area (Å²) in [6, 6.07) is 16.0. The Balaban J connectivity index is 1.37. The highest BCUT2D eigenvalue weighted by Gasteiger charge is 2.24. The summed E-state index contributed by atoms with van der Waals surface area (Å²) < 4.78 is 4.97. The Morgan fingerprint density at radius 2 is 1.74 bits per heavy atom. The number of nitrogens with zero attached hydrogens (tertiary/aromatic N) is 3. The van der Waals surface area contributed by atoms with Gasteiger partial charge in [-0.15, -0.1) is 11.3 Å². The number of anilines is 2. The normalized spacial score (nSPS) is 14.0. The fourth-order valence-electron chi connectivity index (χ4n) is 3.90. The number of nitro benzene ring substituents is 1. The number of methoxy groups -OCH3 is 1. The van der Waals surface area contributed by atoms with Gasteiger partial charge in [-0.1, -0.05) is 30.3 Å². The number of hydrogen-bond donors (Lipinski definition) is 1. The highest BCUT2D eigenvalue weighted by molar-refractivity contribution is 7.15. The topological polar surface area (TPSA) is 105 Å². The molecule has 4 rings (SSSR count). The first-order valence-corrected chi connectivity index (χ1v) is 11.6. The number of carbonyl (C=O) groups excluding carboxylic acids is 2. The van der Waals surface area contributed by atoms with Crippen LogP contribution >= 0.6 is 11.3 Å². The lowest BCUT2D eigenvalue weighted by Gasteiger charge is -2.35. The van der Waals surface area contributed by atoms with E-state index in [1.807, 2.05) is 40.6 Å². The Kier molecular flexibility index (Phi) is 7.19. The third-order valence-corrected chi connectivity index (χ3v) is 6.58. The van der Waals surface area contributed by atoms with Crippen molar-refractivity contribution in [2.45, 2.75) is 0 Å². The summed E-state index contributed by atoms with van der Waals surface area (Å²) in [6.45, 7) is 2.96. The average molecular weight is 481 g/mol. The summed E-state index contributed by atoms with van der Waals surface area (Å²) >= 11 is 1.30. The number of benzene rings is 2. The zero-order chi connectivity index (χ0) is 24.1. The number of amides is 1. The first-order valence-electron chi connectivity index (χ1n) is 10.7. The largest absolute Gasteiger partial charge is 0.465 e. The van der Waals surface area contributed by atoms with E-state index in [1.165, 1.54) is 30.6 Å². The van der Waals surface area contributed by atoms with E-state index in [9.17, 15) is 19.7 Å². The summed E-state index contributed by atoms with van der Waals surface area (Å²) in [7, 11) is 1.32. The molecule has 0 aliphatic carbocycles. The maximum absolute atomic E-state index is 12.8. The first-order chi connectivity index (χ1) is 16.5. The van der Waals surface area contributed by atoms with Gasteiger partial charge >= 0.3 is 5.97 Å². The molecule has 0 radical (unpaired) electrons. The second-order valence-corrected chi connectivity index (χ2v) is 8.68. The second kappa shape index (κ2) is 10.4. The van der Waals surface area contributed by atoms with Crippen molar-refractivity contribution in [1.29, 1.82) is 0 Å². The Labute approximate surface area is 200 Å². The number of thiophene rings is 1. The number of esters is 1. The van der Waals surface area contributed by atoms with Crippen molar-refractivity contribution >= 4 is 39.6 Å². The molecule has 1 saturated heterocycles. The van der Waals surface area contributed by atoms with Crippen LogP contribution in [0.5, 0.6) is 0 Å². The van der Waals surface area contributed by atoms with Crippen LogP contribution in [0, 0.1) is 10.1 Å². The Bertz CT molecular complexity index is 1170. The van der Waals surface area contributed by atoms with Gasteiger partial charge in [0.25, 0.3) is 5.69 Å². The van der Waals surface area contributed by atoms with E-state index in [2.05, 4.69) is 10.2 Å². The molecule has 1 amide bonds. The monoisotopic (exact) mass is 480 g/mol. The predicted molar refractivity (Wildman–Crippen MR) is 131 cm³/mol. The van der Waals surface area contributed by atoms with Crippen LogP contribution in [0.2, 0.25) is 0 Å². The molecule has 3 aromatic rings. The van der Waals surface area contributed by atoms with Gasteiger partial charge in [0, 0.05) is 54.9 Å². The smallest absolute Gasteiger partial charge is 0.341 e. The lowest BCUT2D eigenvalue weighted by atomic mass is 10.0. The quantitative estimate of drug-likeness (QED) is 0.311. The van der Waals surface area contributed by atoms with E-state index < -0.39 is 10.9 Å². The van der Waals surface area contributed by atoms with E-state index in [4.69, 9.17) is 4.74 Å². The number of piperazine rings is 1. The molecular weight excluding hydrogens is 456 g/mol. The SMILES string of the molecule is COC(=O)c1c(-c2ccccc2)csc1NC(=O)CN1CCN(c2ccc([N+](=O)[O-])cc2)CC1. The Morgan fingerprint density at radius 3 is 2.35 bits per heavy atom. The first kappa shape index (κ1) is 23.4. The molecule has 0 bridgehead atoms. The zero-order valence-corrected chi connectivity index (χ0v) is 19.4. The molecule has 2 aromatic carbocycles. The molecule has 0 atom stereocenters. The number of nitrogens with one attached hydrogen (secondary N) is 1. The maximum Gasteiger partial charge on any atom is 0.341 e. The van der Waals surface area contributed by atoms with E-state index in [0.29, 0.717) is 36.7 Å². The number of carbonyl (C=O) groups is 2. The third-order valence-electron chi connectivity index (χ3n) is 5.68. The van der Waals surface area contributed by atoms with Crippen LogP contribution < -0.4 is 10.2 Å². The molecule has 0 spiro atoms. The molecule has 1 aliphatic rings. The molecule has 9 nitrogen and oxygen atoms in total. The van der Waals surface area contributed by atoms with Crippen LogP contribution in [-0.4, -0.2) is 61.5 Å². The number of ether oxygens (including phenoxy) is 1. The number of hydrogen-bond acceptors (Lipinski definition) is 8. The molecule has 2 heterocycles. The molecule has 10 heteroatoms. The van der Waals surface area contributed by atoms with Gasteiger partial charge in [-0.3, -0.25) is 19.8 Å². The van der Waals surface area contributed by atoms with Crippen molar-refractivity contribution in [3.63, 3.8) is 0 Å². The summed E-state index contributed by atoms with van der Waals surface area (Å²) in [5.74, 6) is -0.692. The summed E-state index contributed by atoms with van der Waals surface area (Å²) in [5, 5.41) is 16.0. The van der Waals surface area contributed by atoms with Gasteiger partial charge in [-0.2, -0.15) is 0 Å². The Hall–Kier alpha value is -3.76. The van der Waals surface area contributed by atoms with Crippen LogP contribution in [0.4, 0.5) is 16.4 Å². The molecule has 176 valence electrons. The third kappa shape index (κ3) is 5.24. The number of nitro groups is 1. The van der Waals surface area contributed by atoms with Crippen LogP contribution in [0.3, 0.4) is 0 Å². The van der Waals surface area contributed by atoms with Gasteiger partial charge < -0.3 is 15.0 Å². The summed E-state index contributed by atoms with van der Waals surface area (Å²) in [5.41, 5.74) is 2.94. The molecular formula is C24H24N4O5S. The molecule has 1 aliphatic heterocycles. The van der Waals surface area contributed by atoms with E-state index in [-0.39, 0.29) is 18.1 Å². The fraction of sp³-hybridized carbons (Fsp3) is 0.250. The molecule has 34 heavy (non-hydrogen) atoms. The molecule has 1 N–H and O–H groups in total. The standard InChI is InChI=1S/C24H24N4O5S/c1-33-24(30)22-20(17-5-3-2-4-6-17)16-34-23(22)25-21(29)15-26-11-13-27(14-12-26)18-7-9-19(10-8-18)28(31)32/h2-10,16H,11-15H2,1H3,(H,25,29). The van der Waals surface area contributed by atoms with Gasteiger partial charge in [0.15, 0.2) is 0 Å². The van der Waals surface area contributed by atoms with E-state index in [1.54, 1.807) is 12.1 Å². The van der Waals surface area contributed by atoms with E-state index >= 15 is 0 Å². The van der Waals surface area contributed by atoms with Gasteiger partial charge in [-0.05, 0) is 17.7 Å². The van der Waals surface area contributed by atoms with Gasteiger partial charge in [0.05, 0.1) is 18.6 Å². The van der Waals surface area contributed by atoms with Crippen LogP contribution in [0.25, 0.3) is 11.1 Å². The molecule has 0 unspecified atom stereocenters. The zero-order valence-electron chi connectivity index (χ0n) is 18.6. The van der Waals surface area contributed by atoms with Crippen molar-refractivity contribution < 1.29 is 19.2 Å². The average Bonchev–Trinajstić information content (AvgIpc) is 3.28. The minimum Gasteiger partial charge on any atom is -0.465 e. The minimum atomic E-state index is -0.493. The minimum absolute atomic E-state index is 0.0642. The molecule has 0 saturated carbocycles. The van der Waals surface area contributed by atoms with E-state index in [0.717, 1.165) is 16.8 Å². The van der Waals surface area contributed by atoms with Crippen molar-refractivity contribution in [2.75, 3.05) is 50.1 Å². The maximum atomic E-state index is 12.8. The summed E-state index contributed by atoms with van der Waals surface area (Å²) in [4.78, 5) is 39.8. The lowest BCUT2D eigenvalue weighted by molar-refractivity contribution is -0.384. The fourth-order valence-corrected chi connectivity index (χ4v) is 4.88. The van der Waals surface area contributed by atoms with Gasteiger partial charge in [-0.25, -0.2) is 4.79 Å². The number of non-ortho nitro benzene ring substituents is 1. The van der Waals surface area contributed by atoms with Crippen molar-refractivity contribution in [1.82, 2.24) is 4.90 Å². The lowest BCUT2D eigenvalue weighted by Crippen LogP contribution is -2.48. The van der Waals surface area contributed by atoms with Gasteiger partial charge in [0.1, 0.15) is 10.6 Å².